The number of carbonyl (C=O) groups excluding carboxylic acids is 1. The fourth-order valence-corrected chi connectivity index (χ4v) is 4.59. The van der Waals surface area contributed by atoms with Gasteiger partial charge in [-0.2, -0.15) is 0 Å². The SMILES string of the molecule is COC(=O)C1CN(C2CCS(=O)(=O)C2)CC1C. The fraction of sp³-hybridized carbons (Fsp3) is 0.909. The standard InChI is InChI=1S/C11H19NO4S/c1-8-5-12(6-10(8)11(13)16-2)9-3-4-17(14,15)7-9/h8-10H,3-7H2,1-2H3. The molecule has 0 N–H and O–H groups in total. The van der Waals surface area contributed by atoms with Crippen LogP contribution in [0.5, 0.6) is 0 Å². The molecule has 2 saturated heterocycles. The molecule has 0 spiro atoms. The molecular weight excluding hydrogens is 242 g/mol. The van der Waals surface area contributed by atoms with E-state index >= 15 is 0 Å². The van der Waals surface area contributed by atoms with Crippen LogP contribution in [0, 0.1) is 11.8 Å². The lowest BCUT2D eigenvalue weighted by Gasteiger charge is -2.22. The number of hydrogen-bond acceptors (Lipinski definition) is 5. The van der Waals surface area contributed by atoms with Crippen molar-refractivity contribution in [2.24, 2.45) is 11.8 Å². The highest BCUT2D eigenvalue weighted by molar-refractivity contribution is 7.91. The molecule has 2 aliphatic heterocycles. The molecule has 0 aromatic rings. The minimum absolute atomic E-state index is 0.0945. The molecule has 5 nitrogen and oxygen atoms in total. The molecule has 0 radical (unpaired) electrons. The average Bonchev–Trinajstić information content (AvgIpc) is 2.80. The van der Waals surface area contributed by atoms with E-state index in [4.69, 9.17) is 4.74 Å². The van der Waals surface area contributed by atoms with Gasteiger partial charge in [0.15, 0.2) is 9.84 Å². The van der Waals surface area contributed by atoms with Gasteiger partial charge in [0.2, 0.25) is 0 Å². The molecule has 2 aliphatic rings. The summed E-state index contributed by atoms with van der Waals surface area (Å²) in [6.45, 7) is 3.44. The van der Waals surface area contributed by atoms with Crippen molar-refractivity contribution in [3.05, 3.63) is 0 Å². The minimum atomic E-state index is -2.85. The maximum Gasteiger partial charge on any atom is 0.310 e. The highest BCUT2D eigenvalue weighted by Crippen LogP contribution is 2.29. The van der Waals surface area contributed by atoms with E-state index in [9.17, 15) is 13.2 Å². The Kier molecular flexibility index (Phi) is 3.45. The molecular formula is C11H19NO4S. The molecule has 0 saturated carbocycles. The van der Waals surface area contributed by atoms with Crippen molar-refractivity contribution in [3.63, 3.8) is 0 Å². The van der Waals surface area contributed by atoms with Crippen LogP contribution in [0.25, 0.3) is 0 Å². The maximum absolute atomic E-state index is 11.5. The number of ether oxygens (including phenoxy) is 1. The third-order valence-electron chi connectivity index (χ3n) is 3.87. The van der Waals surface area contributed by atoms with Gasteiger partial charge in [-0.05, 0) is 12.3 Å². The van der Waals surface area contributed by atoms with Crippen LogP contribution >= 0.6 is 0 Å². The topological polar surface area (TPSA) is 63.7 Å². The van der Waals surface area contributed by atoms with Crippen molar-refractivity contribution in [3.8, 4) is 0 Å². The second-order valence-corrected chi connectivity index (χ2v) is 7.35. The molecule has 0 aromatic heterocycles. The molecule has 0 amide bonds. The molecule has 2 rings (SSSR count). The van der Waals surface area contributed by atoms with Crippen molar-refractivity contribution in [2.45, 2.75) is 19.4 Å². The van der Waals surface area contributed by atoms with Crippen LogP contribution < -0.4 is 0 Å². The van der Waals surface area contributed by atoms with E-state index in [1.807, 2.05) is 6.92 Å². The molecule has 0 aliphatic carbocycles. The lowest BCUT2D eigenvalue weighted by atomic mass is 9.99. The Labute approximate surface area is 102 Å². The summed E-state index contributed by atoms with van der Waals surface area (Å²) in [6.07, 6.45) is 0.697. The summed E-state index contributed by atoms with van der Waals surface area (Å²) in [5.74, 6) is 0.480. The van der Waals surface area contributed by atoms with Crippen LogP contribution in [-0.2, 0) is 19.4 Å². The predicted molar refractivity (Wildman–Crippen MR) is 63.3 cm³/mol. The number of hydrogen-bond donors (Lipinski definition) is 0. The van der Waals surface area contributed by atoms with E-state index in [-0.39, 0.29) is 35.4 Å². The van der Waals surface area contributed by atoms with Gasteiger partial charge in [0.1, 0.15) is 0 Å². The third-order valence-corrected chi connectivity index (χ3v) is 5.62. The molecule has 2 heterocycles. The summed E-state index contributed by atoms with van der Waals surface area (Å²) in [4.78, 5) is 13.7. The van der Waals surface area contributed by atoms with Gasteiger partial charge < -0.3 is 4.74 Å². The van der Waals surface area contributed by atoms with E-state index in [0.29, 0.717) is 13.0 Å². The van der Waals surface area contributed by atoms with E-state index in [1.165, 1.54) is 7.11 Å². The largest absolute Gasteiger partial charge is 0.469 e. The smallest absolute Gasteiger partial charge is 0.310 e. The van der Waals surface area contributed by atoms with E-state index < -0.39 is 9.84 Å². The first-order valence-corrected chi connectivity index (χ1v) is 7.77. The zero-order valence-electron chi connectivity index (χ0n) is 10.3. The Morgan fingerprint density at radius 3 is 2.59 bits per heavy atom. The van der Waals surface area contributed by atoms with Crippen molar-refractivity contribution in [1.29, 1.82) is 0 Å². The molecule has 3 atom stereocenters. The Bertz CT molecular complexity index is 406. The second-order valence-electron chi connectivity index (χ2n) is 5.12. The van der Waals surface area contributed by atoms with E-state index in [0.717, 1.165) is 6.54 Å². The van der Waals surface area contributed by atoms with Gasteiger partial charge in [-0.3, -0.25) is 9.69 Å². The minimum Gasteiger partial charge on any atom is -0.469 e. The summed E-state index contributed by atoms with van der Waals surface area (Å²) in [5, 5.41) is 0. The monoisotopic (exact) mass is 261 g/mol. The highest BCUT2D eigenvalue weighted by Gasteiger charge is 2.41. The zero-order valence-corrected chi connectivity index (χ0v) is 11.1. The summed E-state index contributed by atoms with van der Waals surface area (Å²) >= 11 is 0. The molecule has 17 heavy (non-hydrogen) atoms. The number of nitrogens with zero attached hydrogens (tertiary/aromatic N) is 1. The number of methoxy groups -OCH3 is 1. The van der Waals surface area contributed by atoms with Crippen LogP contribution in [0.4, 0.5) is 0 Å². The lowest BCUT2D eigenvalue weighted by molar-refractivity contribution is -0.146. The Hall–Kier alpha value is -0.620. The van der Waals surface area contributed by atoms with Crippen LogP contribution in [0.15, 0.2) is 0 Å². The first kappa shape index (κ1) is 12.8. The molecule has 6 heteroatoms. The summed E-state index contributed by atoms with van der Waals surface area (Å²) in [6, 6.07) is 0.0945. The van der Waals surface area contributed by atoms with Gasteiger partial charge in [-0.1, -0.05) is 6.92 Å². The van der Waals surface area contributed by atoms with Crippen LogP contribution in [0.3, 0.4) is 0 Å². The van der Waals surface area contributed by atoms with Gasteiger partial charge in [0, 0.05) is 19.1 Å². The molecule has 0 aromatic carbocycles. The number of esters is 1. The molecule has 3 unspecified atom stereocenters. The number of carbonyl (C=O) groups is 1. The second kappa shape index (κ2) is 4.57. The molecule has 0 bridgehead atoms. The Morgan fingerprint density at radius 2 is 2.06 bits per heavy atom. The Balaban J connectivity index is 2.00. The van der Waals surface area contributed by atoms with Crippen LogP contribution in [0.1, 0.15) is 13.3 Å². The number of sulfone groups is 1. The fourth-order valence-electron chi connectivity index (χ4n) is 2.82. The summed E-state index contributed by atoms with van der Waals surface area (Å²) in [7, 11) is -1.45. The van der Waals surface area contributed by atoms with Gasteiger partial charge in [0.05, 0.1) is 24.5 Å². The maximum atomic E-state index is 11.5. The number of likely N-dealkylation sites (tertiary alicyclic amines) is 1. The van der Waals surface area contributed by atoms with Crippen LogP contribution in [-0.4, -0.2) is 57.0 Å². The van der Waals surface area contributed by atoms with Crippen molar-refractivity contribution in [2.75, 3.05) is 31.7 Å². The highest BCUT2D eigenvalue weighted by atomic mass is 32.2. The van der Waals surface area contributed by atoms with Crippen molar-refractivity contribution >= 4 is 15.8 Å². The molecule has 2 fully saturated rings. The van der Waals surface area contributed by atoms with Crippen molar-refractivity contribution in [1.82, 2.24) is 4.90 Å². The predicted octanol–water partition coefficient (Wildman–Crippen LogP) is -0.0856. The van der Waals surface area contributed by atoms with Crippen molar-refractivity contribution < 1.29 is 17.9 Å². The third kappa shape index (κ3) is 2.63. The Morgan fingerprint density at radius 1 is 1.35 bits per heavy atom. The quantitative estimate of drug-likeness (QED) is 0.650. The number of rotatable bonds is 2. The van der Waals surface area contributed by atoms with Crippen LogP contribution in [0.2, 0.25) is 0 Å². The van der Waals surface area contributed by atoms with Gasteiger partial charge in [-0.15, -0.1) is 0 Å². The zero-order chi connectivity index (χ0) is 12.6. The first-order chi connectivity index (χ1) is 7.93. The molecule has 98 valence electrons. The average molecular weight is 261 g/mol. The lowest BCUT2D eigenvalue weighted by Crippen LogP contribution is -2.35. The van der Waals surface area contributed by atoms with E-state index in [1.54, 1.807) is 0 Å². The summed E-state index contributed by atoms with van der Waals surface area (Å²) in [5.41, 5.74) is 0. The van der Waals surface area contributed by atoms with Gasteiger partial charge >= 0.3 is 5.97 Å². The normalized spacial score (nSPS) is 37.2. The van der Waals surface area contributed by atoms with Gasteiger partial charge in [0.25, 0.3) is 0 Å². The summed E-state index contributed by atoms with van der Waals surface area (Å²) < 4.78 is 27.6. The first-order valence-electron chi connectivity index (χ1n) is 5.95. The van der Waals surface area contributed by atoms with Gasteiger partial charge in [-0.25, -0.2) is 8.42 Å². The van der Waals surface area contributed by atoms with E-state index in [2.05, 4.69) is 4.90 Å².